The van der Waals surface area contributed by atoms with Gasteiger partial charge in [-0.1, -0.05) is 42.5 Å². The zero-order valence-corrected chi connectivity index (χ0v) is 17.4. The van der Waals surface area contributed by atoms with E-state index in [9.17, 15) is 17.6 Å². The first-order valence-electron chi connectivity index (χ1n) is 9.50. The molecule has 0 radical (unpaired) electrons. The third kappa shape index (κ3) is 5.75. The number of nitrogens with zero attached hydrogens (tertiary/aromatic N) is 1. The second-order valence-electron chi connectivity index (χ2n) is 6.88. The standard InChI is InChI=1S/C23H23FN2O3S/c1-26(21-12-10-20(24)11-13-21)23(27)16-9-18-7-14-22(15-8-18)30(28,29)25-17-19-5-3-2-4-6-19/h2-8,10-15,25H,9,16-17H2,1H3. The fraction of sp³-hybridized carbons (Fsp3) is 0.174. The van der Waals surface area contributed by atoms with Crippen LogP contribution in [0.4, 0.5) is 10.1 Å². The van der Waals surface area contributed by atoms with Gasteiger partial charge < -0.3 is 4.90 Å². The first kappa shape index (κ1) is 21.7. The molecule has 0 unspecified atom stereocenters. The number of sulfonamides is 1. The molecule has 1 N–H and O–H groups in total. The van der Waals surface area contributed by atoms with Crippen LogP contribution in [0.15, 0.2) is 83.8 Å². The summed E-state index contributed by atoms with van der Waals surface area (Å²) in [5, 5.41) is 0. The van der Waals surface area contributed by atoms with Gasteiger partial charge in [0.1, 0.15) is 5.82 Å². The van der Waals surface area contributed by atoms with E-state index >= 15 is 0 Å². The predicted octanol–water partition coefficient (Wildman–Crippen LogP) is 3.90. The summed E-state index contributed by atoms with van der Waals surface area (Å²) in [6.45, 7) is 0.217. The number of halogens is 1. The second kappa shape index (κ2) is 9.65. The molecule has 5 nitrogen and oxygen atoms in total. The summed E-state index contributed by atoms with van der Waals surface area (Å²) in [5.41, 5.74) is 2.35. The number of carbonyl (C=O) groups excluding carboxylic acids is 1. The summed E-state index contributed by atoms with van der Waals surface area (Å²) in [6, 6.07) is 21.5. The number of carbonyl (C=O) groups is 1. The smallest absolute Gasteiger partial charge is 0.240 e. The molecule has 0 aromatic heterocycles. The van der Waals surface area contributed by atoms with Crippen LogP contribution >= 0.6 is 0 Å². The van der Waals surface area contributed by atoms with Crippen LogP contribution in [0.25, 0.3) is 0 Å². The van der Waals surface area contributed by atoms with Gasteiger partial charge in [-0.3, -0.25) is 4.79 Å². The Morgan fingerprint density at radius 2 is 1.53 bits per heavy atom. The summed E-state index contributed by atoms with van der Waals surface area (Å²) in [5.74, 6) is -0.462. The van der Waals surface area contributed by atoms with E-state index < -0.39 is 10.0 Å². The highest BCUT2D eigenvalue weighted by atomic mass is 32.2. The van der Waals surface area contributed by atoms with Crippen LogP contribution in [0.1, 0.15) is 17.5 Å². The molecule has 0 heterocycles. The minimum atomic E-state index is -3.62. The maximum Gasteiger partial charge on any atom is 0.240 e. The van der Waals surface area contributed by atoms with Crippen molar-refractivity contribution in [2.45, 2.75) is 24.3 Å². The van der Waals surface area contributed by atoms with Crippen molar-refractivity contribution < 1.29 is 17.6 Å². The summed E-state index contributed by atoms with van der Waals surface area (Å²) >= 11 is 0. The van der Waals surface area contributed by atoms with Gasteiger partial charge in [0.05, 0.1) is 4.90 Å². The number of rotatable bonds is 8. The van der Waals surface area contributed by atoms with Gasteiger partial charge in [0.15, 0.2) is 0 Å². The van der Waals surface area contributed by atoms with Crippen LogP contribution in [0.5, 0.6) is 0 Å². The topological polar surface area (TPSA) is 66.5 Å². The van der Waals surface area contributed by atoms with Crippen LogP contribution in [-0.4, -0.2) is 21.4 Å². The van der Waals surface area contributed by atoms with Gasteiger partial charge >= 0.3 is 0 Å². The average Bonchev–Trinajstić information content (AvgIpc) is 2.77. The van der Waals surface area contributed by atoms with E-state index in [1.807, 2.05) is 30.3 Å². The molecule has 0 aliphatic carbocycles. The maximum absolute atomic E-state index is 13.0. The van der Waals surface area contributed by atoms with Crippen molar-refractivity contribution in [3.63, 3.8) is 0 Å². The SMILES string of the molecule is CN(C(=O)CCc1ccc(S(=O)(=O)NCc2ccccc2)cc1)c1ccc(F)cc1. The number of anilines is 1. The van der Waals surface area contributed by atoms with E-state index in [1.165, 1.54) is 29.2 Å². The molecular weight excluding hydrogens is 403 g/mol. The number of hydrogen-bond donors (Lipinski definition) is 1. The Morgan fingerprint density at radius 3 is 2.17 bits per heavy atom. The zero-order valence-electron chi connectivity index (χ0n) is 16.6. The molecular formula is C23H23FN2O3S. The summed E-state index contributed by atoms with van der Waals surface area (Å²) in [6.07, 6.45) is 0.731. The highest BCUT2D eigenvalue weighted by Gasteiger charge is 2.15. The van der Waals surface area contributed by atoms with E-state index in [2.05, 4.69) is 4.72 Å². The predicted molar refractivity (Wildman–Crippen MR) is 115 cm³/mol. The molecule has 0 saturated heterocycles. The minimum absolute atomic E-state index is 0.108. The van der Waals surface area contributed by atoms with Gasteiger partial charge in [0.25, 0.3) is 0 Å². The number of amides is 1. The Balaban J connectivity index is 1.56. The van der Waals surface area contributed by atoms with E-state index in [4.69, 9.17) is 0 Å². The number of aryl methyl sites for hydroxylation is 1. The van der Waals surface area contributed by atoms with Crippen LogP contribution in [0.2, 0.25) is 0 Å². The molecule has 156 valence electrons. The van der Waals surface area contributed by atoms with Crippen LogP contribution in [0, 0.1) is 5.82 Å². The number of benzene rings is 3. The molecule has 0 aliphatic heterocycles. The summed E-state index contributed by atoms with van der Waals surface area (Å²) in [7, 11) is -1.97. The minimum Gasteiger partial charge on any atom is -0.315 e. The third-order valence-corrected chi connectivity index (χ3v) is 6.18. The molecule has 30 heavy (non-hydrogen) atoms. The van der Waals surface area contributed by atoms with Gasteiger partial charge in [0.2, 0.25) is 15.9 Å². The van der Waals surface area contributed by atoms with Crippen molar-refractivity contribution in [1.82, 2.24) is 4.72 Å². The zero-order chi connectivity index (χ0) is 21.6. The van der Waals surface area contributed by atoms with Crippen molar-refractivity contribution in [2.24, 2.45) is 0 Å². The van der Waals surface area contributed by atoms with Crippen LogP contribution in [-0.2, 0) is 27.8 Å². The highest BCUT2D eigenvalue weighted by Crippen LogP contribution is 2.16. The number of hydrogen-bond acceptors (Lipinski definition) is 3. The Kier molecular flexibility index (Phi) is 6.97. The Hall–Kier alpha value is -3.03. The van der Waals surface area contributed by atoms with E-state index in [1.54, 1.807) is 31.3 Å². The molecule has 0 spiro atoms. The van der Waals surface area contributed by atoms with Crippen molar-refractivity contribution in [3.8, 4) is 0 Å². The van der Waals surface area contributed by atoms with Crippen molar-refractivity contribution in [2.75, 3.05) is 11.9 Å². The molecule has 0 bridgehead atoms. The largest absolute Gasteiger partial charge is 0.315 e. The van der Waals surface area contributed by atoms with Crippen molar-refractivity contribution in [1.29, 1.82) is 0 Å². The lowest BCUT2D eigenvalue weighted by Gasteiger charge is -2.17. The Morgan fingerprint density at radius 1 is 0.900 bits per heavy atom. The Labute approximate surface area is 176 Å². The van der Waals surface area contributed by atoms with E-state index in [0.29, 0.717) is 12.1 Å². The van der Waals surface area contributed by atoms with Crippen LogP contribution in [0.3, 0.4) is 0 Å². The first-order valence-corrected chi connectivity index (χ1v) is 11.0. The van der Waals surface area contributed by atoms with Gasteiger partial charge in [0, 0.05) is 25.7 Å². The molecule has 7 heteroatoms. The molecule has 0 atom stereocenters. The highest BCUT2D eigenvalue weighted by molar-refractivity contribution is 7.89. The number of nitrogens with one attached hydrogen (secondary N) is 1. The van der Waals surface area contributed by atoms with E-state index in [-0.39, 0.29) is 29.6 Å². The summed E-state index contributed by atoms with van der Waals surface area (Å²) < 4.78 is 40.5. The fourth-order valence-corrected chi connectivity index (χ4v) is 3.94. The molecule has 0 aliphatic rings. The molecule has 3 aromatic rings. The van der Waals surface area contributed by atoms with Gasteiger partial charge in [-0.25, -0.2) is 17.5 Å². The lowest BCUT2D eigenvalue weighted by Crippen LogP contribution is -2.26. The van der Waals surface area contributed by atoms with Crippen molar-refractivity contribution >= 4 is 21.6 Å². The Bertz CT molecular complexity index is 1080. The maximum atomic E-state index is 13.0. The molecule has 3 aromatic carbocycles. The monoisotopic (exact) mass is 426 g/mol. The second-order valence-corrected chi connectivity index (χ2v) is 8.65. The quantitative estimate of drug-likeness (QED) is 0.594. The van der Waals surface area contributed by atoms with Gasteiger partial charge in [-0.15, -0.1) is 0 Å². The van der Waals surface area contributed by atoms with Crippen LogP contribution < -0.4 is 9.62 Å². The van der Waals surface area contributed by atoms with Gasteiger partial charge in [-0.2, -0.15) is 0 Å². The molecule has 0 fully saturated rings. The normalized spacial score (nSPS) is 11.3. The average molecular weight is 427 g/mol. The lowest BCUT2D eigenvalue weighted by molar-refractivity contribution is -0.118. The fourth-order valence-electron chi connectivity index (χ4n) is 2.92. The van der Waals surface area contributed by atoms with E-state index in [0.717, 1.165) is 11.1 Å². The molecule has 3 rings (SSSR count). The lowest BCUT2D eigenvalue weighted by atomic mass is 10.1. The van der Waals surface area contributed by atoms with Gasteiger partial charge in [-0.05, 0) is 53.9 Å². The third-order valence-electron chi connectivity index (χ3n) is 4.76. The molecule has 0 saturated carbocycles. The van der Waals surface area contributed by atoms with Crippen molar-refractivity contribution in [3.05, 3.63) is 95.8 Å². The summed E-state index contributed by atoms with van der Waals surface area (Å²) in [4.78, 5) is 14.0. The molecule has 1 amide bonds. The first-order chi connectivity index (χ1) is 14.3.